The molecular formula is C17H21ClN2. The molecule has 1 aromatic carbocycles. The summed E-state index contributed by atoms with van der Waals surface area (Å²) in [5, 5.41) is 2.46. The third-order valence-electron chi connectivity index (χ3n) is 4.17. The van der Waals surface area contributed by atoms with Gasteiger partial charge in [-0.05, 0) is 29.2 Å². The zero-order valence-electron chi connectivity index (χ0n) is 12.1. The van der Waals surface area contributed by atoms with Crippen molar-refractivity contribution in [1.82, 2.24) is 4.98 Å². The molecule has 2 unspecified atom stereocenters. The van der Waals surface area contributed by atoms with E-state index < -0.39 is 0 Å². The van der Waals surface area contributed by atoms with E-state index in [4.69, 9.17) is 16.6 Å². The van der Waals surface area contributed by atoms with Crippen molar-refractivity contribution in [2.24, 2.45) is 11.8 Å². The predicted molar refractivity (Wildman–Crippen MR) is 86.5 cm³/mol. The average Bonchev–Trinajstić information content (AvgIpc) is 2.45. The first-order valence-corrected chi connectivity index (χ1v) is 7.90. The van der Waals surface area contributed by atoms with E-state index in [2.05, 4.69) is 43.0 Å². The molecule has 0 aliphatic carbocycles. The van der Waals surface area contributed by atoms with Crippen molar-refractivity contribution in [2.75, 3.05) is 18.0 Å². The van der Waals surface area contributed by atoms with Gasteiger partial charge in [0.2, 0.25) is 0 Å². The average molecular weight is 289 g/mol. The van der Waals surface area contributed by atoms with E-state index in [0.29, 0.717) is 5.88 Å². The molecule has 1 fully saturated rings. The number of aromatic nitrogens is 1. The Morgan fingerprint density at radius 1 is 1.15 bits per heavy atom. The second-order valence-electron chi connectivity index (χ2n) is 6.14. The Bertz CT molecular complexity index is 601. The highest BCUT2D eigenvalue weighted by molar-refractivity contribution is 6.18. The molecular weight excluding hydrogens is 268 g/mol. The Hall–Kier alpha value is -1.28. The largest absolute Gasteiger partial charge is 0.356 e. The first-order chi connectivity index (χ1) is 9.69. The van der Waals surface area contributed by atoms with Gasteiger partial charge in [0.25, 0.3) is 0 Å². The number of alkyl halides is 1. The molecule has 2 aromatic rings. The minimum atomic E-state index is 0.514. The van der Waals surface area contributed by atoms with Crippen LogP contribution in [-0.4, -0.2) is 18.1 Å². The molecule has 106 valence electrons. The molecule has 3 heteroatoms. The number of piperidine rings is 1. The topological polar surface area (TPSA) is 16.1 Å². The highest BCUT2D eigenvalue weighted by Crippen LogP contribution is 2.32. The lowest BCUT2D eigenvalue weighted by molar-refractivity contribution is 0.356. The molecule has 1 aliphatic rings. The fourth-order valence-corrected chi connectivity index (χ4v) is 3.64. The molecule has 2 nitrogen and oxygen atoms in total. The zero-order valence-corrected chi connectivity index (χ0v) is 12.9. The van der Waals surface area contributed by atoms with Crippen LogP contribution in [0.15, 0.2) is 30.5 Å². The number of pyridine rings is 1. The van der Waals surface area contributed by atoms with E-state index in [1.165, 1.54) is 17.2 Å². The molecule has 0 saturated carbocycles. The summed E-state index contributed by atoms with van der Waals surface area (Å²) >= 11 is 6.04. The second-order valence-corrected chi connectivity index (χ2v) is 6.40. The number of nitrogens with zero attached hydrogens (tertiary/aromatic N) is 2. The fourth-order valence-electron chi connectivity index (χ4n) is 3.43. The molecule has 1 aliphatic heterocycles. The molecule has 0 bridgehead atoms. The van der Waals surface area contributed by atoms with E-state index >= 15 is 0 Å². The molecule has 1 aromatic heterocycles. The zero-order chi connectivity index (χ0) is 14.1. The van der Waals surface area contributed by atoms with Crippen molar-refractivity contribution in [3.8, 4) is 0 Å². The van der Waals surface area contributed by atoms with Gasteiger partial charge in [0, 0.05) is 30.6 Å². The highest BCUT2D eigenvalue weighted by atomic mass is 35.5. The van der Waals surface area contributed by atoms with Crippen LogP contribution in [0.1, 0.15) is 25.8 Å². The third-order valence-corrected chi connectivity index (χ3v) is 4.46. The smallest absolute Gasteiger partial charge is 0.136 e. The number of hydrogen-bond donors (Lipinski definition) is 0. The van der Waals surface area contributed by atoms with Gasteiger partial charge in [-0.25, -0.2) is 4.98 Å². The lowest BCUT2D eigenvalue weighted by atomic mass is 9.91. The maximum Gasteiger partial charge on any atom is 0.136 e. The van der Waals surface area contributed by atoms with Gasteiger partial charge in [0.15, 0.2) is 0 Å². The summed E-state index contributed by atoms with van der Waals surface area (Å²) in [4.78, 5) is 7.16. The summed E-state index contributed by atoms with van der Waals surface area (Å²) in [7, 11) is 0. The molecule has 2 atom stereocenters. The van der Waals surface area contributed by atoms with Crippen LogP contribution in [0, 0.1) is 11.8 Å². The van der Waals surface area contributed by atoms with E-state index in [0.717, 1.165) is 36.3 Å². The van der Waals surface area contributed by atoms with Crippen molar-refractivity contribution in [1.29, 1.82) is 0 Å². The van der Waals surface area contributed by atoms with Gasteiger partial charge in [0.1, 0.15) is 5.82 Å². The maximum atomic E-state index is 6.04. The maximum absolute atomic E-state index is 6.04. The number of fused-ring (bicyclic) bond motifs is 1. The first kappa shape index (κ1) is 13.7. The number of hydrogen-bond acceptors (Lipinski definition) is 2. The quantitative estimate of drug-likeness (QED) is 0.759. The molecule has 0 spiro atoms. The van der Waals surface area contributed by atoms with E-state index in [1.54, 1.807) is 0 Å². The molecule has 2 heterocycles. The van der Waals surface area contributed by atoms with Crippen LogP contribution in [0.4, 0.5) is 5.82 Å². The first-order valence-electron chi connectivity index (χ1n) is 7.36. The molecule has 3 rings (SSSR count). The highest BCUT2D eigenvalue weighted by Gasteiger charge is 2.24. The van der Waals surface area contributed by atoms with Crippen molar-refractivity contribution >= 4 is 28.2 Å². The Morgan fingerprint density at radius 2 is 1.80 bits per heavy atom. The summed E-state index contributed by atoms with van der Waals surface area (Å²) in [5.74, 6) is 3.09. The molecule has 0 N–H and O–H groups in total. The van der Waals surface area contributed by atoms with E-state index in [9.17, 15) is 0 Å². The summed E-state index contributed by atoms with van der Waals surface area (Å²) in [6.07, 6.45) is 3.25. The van der Waals surface area contributed by atoms with E-state index in [1.807, 2.05) is 6.20 Å². The SMILES string of the molecule is CC1CC(C)CN(c2ncc(CCl)c3ccccc23)C1. The van der Waals surface area contributed by atoms with Gasteiger partial charge in [0.05, 0.1) is 0 Å². The lowest BCUT2D eigenvalue weighted by Crippen LogP contribution is -2.39. The monoisotopic (exact) mass is 288 g/mol. The van der Waals surface area contributed by atoms with Crippen LogP contribution in [0.3, 0.4) is 0 Å². The summed E-state index contributed by atoms with van der Waals surface area (Å²) in [6, 6.07) is 8.47. The summed E-state index contributed by atoms with van der Waals surface area (Å²) < 4.78 is 0. The molecule has 20 heavy (non-hydrogen) atoms. The Labute approximate surface area is 125 Å². The number of halogens is 1. The predicted octanol–water partition coefficient (Wildman–Crippen LogP) is 4.46. The van der Waals surface area contributed by atoms with Gasteiger partial charge in [-0.1, -0.05) is 38.1 Å². The Balaban J connectivity index is 2.08. The lowest BCUT2D eigenvalue weighted by Gasteiger charge is -2.36. The van der Waals surface area contributed by atoms with Crippen LogP contribution in [0.5, 0.6) is 0 Å². The summed E-state index contributed by atoms with van der Waals surface area (Å²) in [5.41, 5.74) is 1.11. The second kappa shape index (κ2) is 5.61. The van der Waals surface area contributed by atoms with Crippen LogP contribution in [0.2, 0.25) is 0 Å². The van der Waals surface area contributed by atoms with Gasteiger partial charge < -0.3 is 4.90 Å². The van der Waals surface area contributed by atoms with Crippen molar-refractivity contribution < 1.29 is 0 Å². The van der Waals surface area contributed by atoms with Crippen LogP contribution in [0.25, 0.3) is 10.8 Å². The van der Waals surface area contributed by atoms with Crippen LogP contribution in [-0.2, 0) is 5.88 Å². The van der Waals surface area contributed by atoms with Gasteiger partial charge in [-0.2, -0.15) is 0 Å². The number of benzene rings is 1. The normalized spacial score (nSPS) is 23.2. The number of anilines is 1. The van der Waals surface area contributed by atoms with Gasteiger partial charge in [-0.3, -0.25) is 0 Å². The Kier molecular flexibility index (Phi) is 3.84. The van der Waals surface area contributed by atoms with Crippen molar-refractivity contribution in [3.05, 3.63) is 36.0 Å². The van der Waals surface area contributed by atoms with Gasteiger partial charge in [-0.15, -0.1) is 11.6 Å². The minimum Gasteiger partial charge on any atom is -0.356 e. The molecule has 0 radical (unpaired) electrons. The van der Waals surface area contributed by atoms with Gasteiger partial charge >= 0.3 is 0 Å². The van der Waals surface area contributed by atoms with Crippen LogP contribution >= 0.6 is 11.6 Å². The molecule has 1 saturated heterocycles. The standard InChI is InChI=1S/C17H21ClN2/c1-12-7-13(2)11-20(10-12)17-16-6-4-3-5-15(16)14(8-18)9-19-17/h3-6,9,12-13H,7-8,10-11H2,1-2H3. The fraction of sp³-hybridized carbons (Fsp3) is 0.471. The third kappa shape index (κ3) is 2.49. The Morgan fingerprint density at radius 3 is 2.45 bits per heavy atom. The van der Waals surface area contributed by atoms with Crippen molar-refractivity contribution in [3.63, 3.8) is 0 Å². The van der Waals surface area contributed by atoms with Crippen molar-refractivity contribution in [2.45, 2.75) is 26.1 Å². The number of rotatable bonds is 2. The molecule has 0 amide bonds. The minimum absolute atomic E-state index is 0.514. The van der Waals surface area contributed by atoms with Crippen LogP contribution < -0.4 is 4.90 Å². The van der Waals surface area contributed by atoms with E-state index in [-0.39, 0.29) is 0 Å². The summed E-state index contributed by atoms with van der Waals surface area (Å²) in [6.45, 7) is 6.86.